The van der Waals surface area contributed by atoms with E-state index in [2.05, 4.69) is 20.5 Å². The van der Waals surface area contributed by atoms with Crippen LogP contribution in [0.4, 0.5) is 10.2 Å². The maximum absolute atomic E-state index is 13.8. The summed E-state index contributed by atoms with van der Waals surface area (Å²) in [4.78, 5) is 30.6. The first kappa shape index (κ1) is 23.4. The molecule has 5 rings (SSSR count). The second-order valence-electron chi connectivity index (χ2n) is 9.06. The minimum atomic E-state index is -0.419. The average molecular weight is 482 g/mol. The first-order valence-electron chi connectivity index (χ1n) is 11.8. The van der Waals surface area contributed by atoms with Gasteiger partial charge in [-0.15, -0.1) is 0 Å². The fourth-order valence-corrected chi connectivity index (χ4v) is 4.72. The molecule has 1 fully saturated rings. The molecule has 1 saturated heterocycles. The second-order valence-corrected chi connectivity index (χ2v) is 9.06. The summed E-state index contributed by atoms with van der Waals surface area (Å²) in [7, 11) is 0. The lowest BCUT2D eigenvalue weighted by molar-refractivity contribution is -0.118. The molecule has 0 bridgehead atoms. The standard InChI is InChI=1S/C25H28FN5O4/c26-18-3-1-16-2-6-24(34)31(20(16)11-18)10-9-30-8-7-21(32)17(14-30)12-27-13-19-4-5-22-25(28-19)29-23(33)15-35-22/h1-6,11,17,21,27,32H,7-10,12-15H2,(H,28,29,33)/t17?,21-/m1/s1. The lowest BCUT2D eigenvalue weighted by Crippen LogP contribution is -2.48. The van der Waals surface area contributed by atoms with Gasteiger partial charge in [0.25, 0.3) is 11.5 Å². The summed E-state index contributed by atoms with van der Waals surface area (Å²) in [6.45, 7) is 3.57. The van der Waals surface area contributed by atoms with E-state index in [0.29, 0.717) is 56.2 Å². The summed E-state index contributed by atoms with van der Waals surface area (Å²) in [6.07, 6.45) is 0.226. The minimum absolute atomic E-state index is 0.00559. The van der Waals surface area contributed by atoms with Gasteiger partial charge in [0.05, 0.1) is 17.3 Å². The van der Waals surface area contributed by atoms with E-state index < -0.39 is 6.10 Å². The third kappa shape index (κ3) is 5.34. The van der Waals surface area contributed by atoms with E-state index in [9.17, 15) is 19.1 Å². The van der Waals surface area contributed by atoms with Crippen LogP contribution in [0.1, 0.15) is 12.1 Å². The Balaban J connectivity index is 1.17. The van der Waals surface area contributed by atoms with E-state index in [1.165, 1.54) is 18.2 Å². The van der Waals surface area contributed by atoms with Gasteiger partial charge in [-0.25, -0.2) is 9.37 Å². The molecule has 184 valence electrons. The van der Waals surface area contributed by atoms with Crippen molar-refractivity contribution in [2.75, 3.05) is 38.1 Å². The van der Waals surface area contributed by atoms with Crippen LogP contribution in [0.5, 0.6) is 5.75 Å². The molecule has 9 nitrogen and oxygen atoms in total. The molecule has 0 saturated carbocycles. The van der Waals surface area contributed by atoms with Crippen molar-refractivity contribution in [1.82, 2.24) is 19.8 Å². The molecule has 0 radical (unpaired) electrons. The number of halogens is 1. The highest BCUT2D eigenvalue weighted by Crippen LogP contribution is 2.25. The van der Waals surface area contributed by atoms with Crippen LogP contribution in [0.2, 0.25) is 0 Å². The fraction of sp³-hybridized carbons (Fsp3) is 0.400. The van der Waals surface area contributed by atoms with Crippen molar-refractivity contribution in [1.29, 1.82) is 0 Å². The van der Waals surface area contributed by atoms with Gasteiger partial charge in [-0.05, 0) is 48.2 Å². The lowest BCUT2D eigenvalue weighted by atomic mass is 9.94. The first-order valence-corrected chi connectivity index (χ1v) is 11.8. The molecule has 1 amide bonds. The number of pyridine rings is 2. The third-order valence-electron chi connectivity index (χ3n) is 6.62. The van der Waals surface area contributed by atoms with Gasteiger partial charge in [-0.3, -0.25) is 9.59 Å². The maximum atomic E-state index is 13.8. The van der Waals surface area contributed by atoms with Crippen LogP contribution < -0.4 is 20.9 Å². The molecule has 1 unspecified atom stereocenters. The predicted molar refractivity (Wildman–Crippen MR) is 129 cm³/mol. The summed E-state index contributed by atoms with van der Waals surface area (Å²) in [5, 5.41) is 17.4. The molecule has 2 aliphatic heterocycles. The molecule has 1 aromatic carbocycles. The number of carbonyl (C=O) groups is 1. The van der Waals surface area contributed by atoms with Crippen molar-refractivity contribution in [3.63, 3.8) is 0 Å². The summed E-state index contributed by atoms with van der Waals surface area (Å²) >= 11 is 0. The van der Waals surface area contributed by atoms with Crippen molar-refractivity contribution >= 4 is 22.6 Å². The van der Waals surface area contributed by atoms with Gasteiger partial charge >= 0.3 is 0 Å². The van der Waals surface area contributed by atoms with Gasteiger partial charge in [0, 0.05) is 51.3 Å². The van der Waals surface area contributed by atoms with Crippen LogP contribution >= 0.6 is 0 Å². The molecule has 10 heteroatoms. The number of piperidine rings is 1. The van der Waals surface area contributed by atoms with E-state index in [4.69, 9.17) is 4.74 Å². The molecule has 2 aromatic heterocycles. The topological polar surface area (TPSA) is 109 Å². The van der Waals surface area contributed by atoms with Gasteiger partial charge < -0.3 is 29.9 Å². The Hall–Kier alpha value is -3.34. The number of rotatable bonds is 7. The second kappa shape index (κ2) is 10.1. The number of hydrogen-bond acceptors (Lipinski definition) is 7. The number of hydrogen-bond donors (Lipinski definition) is 3. The van der Waals surface area contributed by atoms with Crippen LogP contribution in [0.25, 0.3) is 10.9 Å². The lowest BCUT2D eigenvalue weighted by Gasteiger charge is -2.36. The molecule has 4 heterocycles. The zero-order chi connectivity index (χ0) is 24.4. The monoisotopic (exact) mass is 481 g/mol. The number of fused-ring (bicyclic) bond motifs is 2. The predicted octanol–water partition coefficient (Wildman–Crippen LogP) is 1.34. The third-order valence-corrected chi connectivity index (χ3v) is 6.62. The number of anilines is 1. The van der Waals surface area contributed by atoms with Gasteiger partial charge in [0.2, 0.25) is 0 Å². The summed E-state index contributed by atoms with van der Waals surface area (Å²) in [6, 6.07) is 11.3. The average Bonchev–Trinajstić information content (AvgIpc) is 2.85. The summed E-state index contributed by atoms with van der Waals surface area (Å²) in [5.41, 5.74) is 1.20. The summed E-state index contributed by atoms with van der Waals surface area (Å²) in [5.74, 6) is 0.405. The number of aliphatic hydroxyl groups is 1. The van der Waals surface area contributed by atoms with Crippen molar-refractivity contribution in [3.05, 3.63) is 64.3 Å². The summed E-state index contributed by atoms with van der Waals surface area (Å²) < 4.78 is 20.7. The van der Waals surface area contributed by atoms with E-state index in [0.717, 1.165) is 17.6 Å². The van der Waals surface area contributed by atoms with E-state index >= 15 is 0 Å². The van der Waals surface area contributed by atoms with E-state index in [1.807, 2.05) is 6.07 Å². The van der Waals surface area contributed by atoms with Gasteiger partial charge in [0.1, 0.15) is 5.82 Å². The number of likely N-dealkylation sites (tertiary alicyclic amines) is 1. The minimum Gasteiger partial charge on any atom is -0.480 e. The molecule has 3 aromatic rings. The quantitative estimate of drug-likeness (QED) is 0.467. The number of benzene rings is 1. The Bertz CT molecular complexity index is 1300. The molecule has 0 spiro atoms. The maximum Gasteiger partial charge on any atom is 0.263 e. The van der Waals surface area contributed by atoms with Crippen molar-refractivity contribution in [2.45, 2.75) is 25.6 Å². The van der Waals surface area contributed by atoms with E-state index in [1.54, 1.807) is 22.8 Å². The van der Waals surface area contributed by atoms with Crippen molar-refractivity contribution < 1.29 is 19.0 Å². The number of nitrogens with zero attached hydrogens (tertiary/aromatic N) is 3. The first-order chi connectivity index (χ1) is 17.0. The van der Waals surface area contributed by atoms with Gasteiger partial charge in [-0.1, -0.05) is 0 Å². The number of aliphatic hydroxyl groups excluding tert-OH is 1. The molecule has 2 atom stereocenters. The van der Waals surface area contributed by atoms with Crippen LogP contribution in [0.3, 0.4) is 0 Å². The zero-order valence-corrected chi connectivity index (χ0v) is 19.2. The molecule has 3 N–H and O–H groups in total. The SMILES string of the molecule is O=C1COc2ccc(CNCC3CN(CCn4c(=O)ccc5ccc(F)cc54)CC[C@H]3O)nc2N1. The Morgan fingerprint density at radius 2 is 2.03 bits per heavy atom. The van der Waals surface area contributed by atoms with Crippen molar-refractivity contribution in [3.8, 4) is 5.75 Å². The fourth-order valence-electron chi connectivity index (χ4n) is 4.72. The Morgan fingerprint density at radius 1 is 1.17 bits per heavy atom. The Morgan fingerprint density at radius 3 is 2.91 bits per heavy atom. The zero-order valence-electron chi connectivity index (χ0n) is 19.2. The van der Waals surface area contributed by atoms with Gasteiger partial charge in [-0.2, -0.15) is 0 Å². The Labute approximate surface area is 201 Å². The van der Waals surface area contributed by atoms with Crippen LogP contribution in [-0.4, -0.2) is 64.4 Å². The highest BCUT2D eigenvalue weighted by molar-refractivity contribution is 5.94. The van der Waals surface area contributed by atoms with Crippen LogP contribution in [0, 0.1) is 11.7 Å². The molecule has 35 heavy (non-hydrogen) atoms. The van der Waals surface area contributed by atoms with Crippen LogP contribution in [-0.2, 0) is 17.9 Å². The number of nitrogens with one attached hydrogen (secondary N) is 2. The Kier molecular flexibility index (Phi) is 6.76. The van der Waals surface area contributed by atoms with Gasteiger partial charge in [0.15, 0.2) is 18.2 Å². The highest BCUT2D eigenvalue weighted by Gasteiger charge is 2.27. The van der Waals surface area contributed by atoms with E-state index in [-0.39, 0.29) is 29.8 Å². The largest absolute Gasteiger partial charge is 0.480 e. The highest BCUT2D eigenvalue weighted by atomic mass is 19.1. The number of amides is 1. The smallest absolute Gasteiger partial charge is 0.263 e. The number of aromatic nitrogens is 2. The normalized spacial score (nSPS) is 20.3. The molecule has 0 aliphatic carbocycles. The number of ether oxygens (including phenoxy) is 1. The van der Waals surface area contributed by atoms with Crippen LogP contribution in [0.15, 0.2) is 47.3 Å². The molecular formula is C25H28FN5O4. The number of carbonyl (C=O) groups excluding carboxylic acids is 1. The molecular weight excluding hydrogens is 453 g/mol. The molecule has 2 aliphatic rings. The van der Waals surface area contributed by atoms with Crippen molar-refractivity contribution in [2.24, 2.45) is 5.92 Å².